The summed E-state index contributed by atoms with van der Waals surface area (Å²) in [5.41, 5.74) is 0. The molecule has 1 aliphatic rings. The van der Waals surface area contributed by atoms with E-state index < -0.39 is 24.0 Å². The fourth-order valence-electron chi connectivity index (χ4n) is 1.96. The lowest BCUT2D eigenvalue weighted by atomic mass is 9.77. The third-order valence-electron chi connectivity index (χ3n) is 2.92. The van der Waals surface area contributed by atoms with Gasteiger partial charge in [-0.25, -0.2) is 18.6 Å². The molecular weight excluding hydrogens is 250 g/mol. The molecule has 0 spiro atoms. The highest BCUT2D eigenvalue weighted by Crippen LogP contribution is 2.44. The van der Waals surface area contributed by atoms with Crippen LogP contribution in [0.25, 0.3) is 0 Å². The molecule has 1 fully saturated rings. The van der Waals surface area contributed by atoms with E-state index in [1.807, 2.05) is 5.32 Å². The molecule has 0 radical (unpaired) electrons. The largest absolute Gasteiger partial charge is 0.465 e. The zero-order chi connectivity index (χ0) is 13.9. The Bertz CT molecular complexity index is 330. The first-order valence-corrected chi connectivity index (χ1v) is 5.44. The van der Waals surface area contributed by atoms with Crippen molar-refractivity contribution < 1.29 is 28.3 Å². The van der Waals surface area contributed by atoms with Crippen LogP contribution in [0.2, 0.25) is 0 Å². The van der Waals surface area contributed by atoms with Crippen molar-refractivity contribution in [1.82, 2.24) is 10.4 Å². The molecule has 1 aliphatic carbocycles. The van der Waals surface area contributed by atoms with Gasteiger partial charge >= 0.3 is 6.09 Å². The molecule has 0 aromatic rings. The van der Waals surface area contributed by atoms with Gasteiger partial charge in [-0.05, 0) is 12.3 Å². The van der Waals surface area contributed by atoms with Crippen LogP contribution in [0.1, 0.15) is 19.3 Å². The van der Waals surface area contributed by atoms with Crippen molar-refractivity contribution in [3.05, 3.63) is 0 Å². The van der Waals surface area contributed by atoms with Crippen LogP contribution in [0.5, 0.6) is 0 Å². The molecule has 0 aromatic carbocycles. The summed E-state index contributed by atoms with van der Waals surface area (Å²) in [6.45, 7) is 0. The Balaban J connectivity index is 2.56. The fraction of sp³-hybridized carbons (Fsp3) is 0.800. The maximum absolute atomic E-state index is 12.7. The summed E-state index contributed by atoms with van der Waals surface area (Å²) in [7, 11) is 2.58. The number of amides is 2. The van der Waals surface area contributed by atoms with Gasteiger partial charge in [-0.1, -0.05) is 0 Å². The van der Waals surface area contributed by atoms with E-state index in [0.29, 0.717) is 0 Å². The quantitative estimate of drug-likeness (QED) is 0.730. The number of hydrogen-bond acceptors (Lipinski definition) is 3. The maximum Gasteiger partial charge on any atom is 0.405 e. The highest BCUT2D eigenvalue weighted by molar-refractivity contribution is 5.84. The molecule has 2 N–H and O–H groups in total. The summed E-state index contributed by atoms with van der Waals surface area (Å²) in [6, 6.07) is -1.06. The predicted molar refractivity (Wildman–Crippen MR) is 57.0 cm³/mol. The van der Waals surface area contributed by atoms with Gasteiger partial charge < -0.3 is 10.4 Å². The van der Waals surface area contributed by atoms with Crippen molar-refractivity contribution in [3.8, 4) is 0 Å². The van der Waals surface area contributed by atoms with E-state index in [1.165, 1.54) is 14.2 Å². The van der Waals surface area contributed by atoms with Gasteiger partial charge in [-0.3, -0.25) is 9.63 Å². The smallest absolute Gasteiger partial charge is 0.405 e. The number of likely N-dealkylation sites (N-methyl/N-ethyl adjacent to an activating group) is 1. The highest BCUT2D eigenvalue weighted by atomic mass is 19.3. The van der Waals surface area contributed by atoms with E-state index in [0.717, 1.165) is 5.06 Å². The molecule has 18 heavy (non-hydrogen) atoms. The molecule has 0 aromatic heterocycles. The molecule has 0 bridgehead atoms. The summed E-state index contributed by atoms with van der Waals surface area (Å²) in [5.74, 6) is -3.64. The van der Waals surface area contributed by atoms with Crippen LogP contribution < -0.4 is 5.32 Å². The molecule has 1 atom stereocenters. The molecule has 0 aliphatic heterocycles. The average molecular weight is 266 g/mol. The molecule has 1 saturated carbocycles. The van der Waals surface area contributed by atoms with Crippen LogP contribution in [0.15, 0.2) is 0 Å². The van der Waals surface area contributed by atoms with Gasteiger partial charge in [0.2, 0.25) is 5.92 Å². The van der Waals surface area contributed by atoms with E-state index in [4.69, 9.17) is 5.11 Å². The average Bonchev–Trinajstić information content (AvgIpc) is 2.22. The van der Waals surface area contributed by atoms with E-state index >= 15 is 0 Å². The second-order valence-corrected chi connectivity index (χ2v) is 4.39. The molecule has 8 heteroatoms. The number of halogens is 2. The standard InChI is InChI=1S/C10H16F2N2O4/c1-14(18-2)8(15)7(13-9(16)17)3-6-4-10(11,12)5-6/h6-7,13H,3-5H2,1-2H3,(H,16,17). The number of nitrogens with one attached hydrogen (secondary N) is 1. The van der Waals surface area contributed by atoms with Gasteiger partial charge in [0.25, 0.3) is 5.91 Å². The summed E-state index contributed by atoms with van der Waals surface area (Å²) < 4.78 is 25.3. The van der Waals surface area contributed by atoms with Crippen molar-refractivity contribution in [2.75, 3.05) is 14.2 Å². The minimum Gasteiger partial charge on any atom is -0.465 e. The van der Waals surface area contributed by atoms with Crippen molar-refractivity contribution in [2.24, 2.45) is 5.92 Å². The second kappa shape index (κ2) is 5.47. The first-order chi connectivity index (χ1) is 8.25. The van der Waals surface area contributed by atoms with Crippen molar-refractivity contribution >= 4 is 12.0 Å². The van der Waals surface area contributed by atoms with Crippen LogP contribution in [-0.4, -0.2) is 48.3 Å². The molecule has 104 valence electrons. The minimum atomic E-state index is -2.69. The number of hydrogen-bond donors (Lipinski definition) is 2. The summed E-state index contributed by atoms with van der Waals surface area (Å²) in [6.07, 6.45) is -1.94. The molecule has 6 nitrogen and oxygen atoms in total. The van der Waals surface area contributed by atoms with Gasteiger partial charge in [0.15, 0.2) is 0 Å². The van der Waals surface area contributed by atoms with Crippen molar-refractivity contribution in [3.63, 3.8) is 0 Å². The topological polar surface area (TPSA) is 78.9 Å². The molecule has 2 amide bonds. The van der Waals surface area contributed by atoms with E-state index in [-0.39, 0.29) is 25.2 Å². The van der Waals surface area contributed by atoms with Crippen LogP contribution in [0.4, 0.5) is 13.6 Å². The minimum absolute atomic E-state index is 0.0500. The zero-order valence-corrected chi connectivity index (χ0v) is 10.2. The number of carbonyl (C=O) groups excluding carboxylic acids is 1. The first kappa shape index (κ1) is 14.6. The van der Waals surface area contributed by atoms with Crippen LogP contribution in [-0.2, 0) is 9.63 Å². The van der Waals surface area contributed by atoms with E-state index in [9.17, 15) is 18.4 Å². The number of alkyl halides is 2. The maximum atomic E-state index is 12.7. The Morgan fingerprint density at radius 1 is 1.56 bits per heavy atom. The Kier molecular flexibility index (Phi) is 4.44. The molecule has 0 saturated heterocycles. The first-order valence-electron chi connectivity index (χ1n) is 5.44. The van der Waals surface area contributed by atoms with Gasteiger partial charge in [-0.15, -0.1) is 0 Å². The fourth-order valence-corrected chi connectivity index (χ4v) is 1.96. The number of hydroxylamine groups is 2. The lowest BCUT2D eigenvalue weighted by molar-refractivity contribution is -0.173. The third kappa shape index (κ3) is 3.80. The molecular formula is C10H16F2N2O4. The van der Waals surface area contributed by atoms with E-state index in [1.54, 1.807) is 0 Å². The van der Waals surface area contributed by atoms with E-state index in [2.05, 4.69) is 4.84 Å². The summed E-state index contributed by atoms with van der Waals surface area (Å²) >= 11 is 0. The highest BCUT2D eigenvalue weighted by Gasteiger charge is 2.46. The molecule has 1 rings (SSSR count). The van der Waals surface area contributed by atoms with Gasteiger partial charge in [0, 0.05) is 19.9 Å². The zero-order valence-electron chi connectivity index (χ0n) is 10.2. The Morgan fingerprint density at radius 3 is 2.50 bits per heavy atom. The van der Waals surface area contributed by atoms with Crippen molar-refractivity contribution in [1.29, 1.82) is 0 Å². The van der Waals surface area contributed by atoms with Gasteiger partial charge in [0.1, 0.15) is 6.04 Å². The SMILES string of the molecule is CON(C)C(=O)C(CC1CC(F)(F)C1)NC(=O)O. The normalized spacial score (nSPS) is 19.8. The lowest BCUT2D eigenvalue weighted by Gasteiger charge is -2.36. The van der Waals surface area contributed by atoms with Crippen LogP contribution >= 0.6 is 0 Å². The van der Waals surface area contributed by atoms with Gasteiger partial charge in [-0.2, -0.15) is 0 Å². The molecule has 0 heterocycles. The Morgan fingerprint density at radius 2 is 2.11 bits per heavy atom. The number of nitrogens with zero attached hydrogens (tertiary/aromatic N) is 1. The second-order valence-electron chi connectivity index (χ2n) is 4.39. The predicted octanol–water partition coefficient (Wildman–Crippen LogP) is 1.08. The van der Waals surface area contributed by atoms with Crippen LogP contribution in [0, 0.1) is 5.92 Å². The number of carbonyl (C=O) groups is 2. The number of carboxylic acid groups (broad SMARTS) is 1. The summed E-state index contributed by atoms with van der Waals surface area (Å²) in [4.78, 5) is 27.0. The van der Waals surface area contributed by atoms with Gasteiger partial charge in [0.05, 0.1) is 7.11 Å². The molecule has 1 unspecified atom stereocenters. The Labute approximate surface area is 103 Å². The Hall–Kier alpha value is -1.44. The number of rotatable bonds is 5. The summed E-state index contributed by atoms with van der Waals surface area (Å²) in [5, 5.41) is 11.5. The lowest BCUT2D eigenvalue weighted by Crippen LogP contribution is -2.49. The third-order valence-corrected chi connectivity index (χ3v) is 2.92. The van der Waals surface area contributed by atoms with Crippen LogP contribution in [0.3, 0.4) is 0 Å². The van der Waals surface area contributed by atoms with Crippen molar-refractivity contribution in [2.45, 2.75) is 31.2 Å². The monoisotopic (exact) mass is 266 g/mol.